The second-order valence-corrected chi connectivity index (χ2v) is 7.20. The molecule has 5 heteroatoms. The summed E-state index contributed by atoms with van der Waals surface area (Å²) in [5.74, 6) is 1.74. The lowest BCUT2D eigenvalue weighted by atomic mass is 9.87. The Morgan fingerprint density at radius 2 is 2.23 bits per heavy atom. The van der Waals surface area contributed by atoms with E-state index in [0.29, 0.717) is 5.92 Å². The number of benzene rings is 1. The normalized spacial score (nSPS) is 23.2. The van der Waals surface area contributed by atoms with Gasteiger partial charge in [0.1, 0.15) is 5.75 Å². The van der Waals surface area contributed by atoms with E-state index in [2.05, 4.69) is 39.1 Å². The van der Waals surface area contributed by atoms with Crippen LogP contribution in [0.25, 0.3) is 0 Å². The van der Waals surface area contributed by atoms with Crippen LogP contribution >= 0.6 is 15.9 Å². The van der Waals surface area contributed by atoms with Gasteiger partial charge in [-0.3, -0.25) is 4.79 Å². The number of carbonyl (C=O) groups excluding carboxylic acids is 1. The number of ether oxygens (including phenoxy) is 1. The quantitative estimate of drug-likeness (QED) is 0.890. The summed E-state index contributed by atoms with van der Waals surface area (Å²) < 4.78 is 6.54. The number of likely N-dealkylation sites (tertiary alicyclic amines) is 1. The SMILES string of the molecule is COc1ccc(Br)cc1C1CCCN1C(=O)C(C)C1CNC1. The maximum absolute atomic E-state index is 12.9. The standard InChI is InChI=1S/C17H23BrN2O2/c1-11(12-9-19-10-12)17(21)20-7-3-4-15(20)14-8-13(18)5-6-16(14)22-2/h5-6,8,11-12,15,19H,3-4,7,9-10H2,1-2H3. The van der Waals surface area contributed by atoms with Crippen LogP contribution in [0.4, 0.5) is 0 Å². The van der Waals surface area contributed by atoms with Crippen LogP contribution in [-0.2, 0) is 4.79 Å². The minimum absolute atomic E-state index is 0.0972. The zero-order valence-electron chi connectivity index (χ0n) is 13.1. The monoisotopic (exact) mass is 366 g/mol. The summed E-state index contributed by atoms with van der Waals surface area (Å²) in [4.78, 5) is 15.0. The summed E-state index contributed by atoms with van der Waals surface area (Å²) in [6.45, 7) is 4.85. The Morgan fingerprint density at radius 1 is 1.45 bits per heavy atom. The number of hydrogen-bond donors (Lipinski definition) is 1. The molecule has 22 heavy (non-hydrogen) atoms. The number of carbonyl (C=O) groups is 1. The molecule has 0 saturated carbocycles. The van der Waals surface area contributed by atoms with Crippen LogP contribution in [0.2, 0.25) is 0 Å². The minimum atomic E-state index is 0.0972. The van der Waals surface area contributed by atoms with E-state index < -0.39 is 0 Å². The van der Waals surface area contributed by atoms with Gasteiger partial charge in [0.15, 0.2) is 0 Å². The number of hydrogen-bond acceptors (Lipinski definition) is 3. The van der Waals surface area contributed by atoms with Crippen LogP contribution in [0.3, 0.4) is 0 Å². The van der Waals surface area contributed by atoms with E-state index in [4.69, 9.17) is 4.74 Å². The molecule has 2 aliphatic heterocycles. The molecule has 3 rings (SSSR count). The summed E-state index contributed by atoms with van der Waals surface area (Å²) in [7, 11) is 1.69. The van der Waals surface area contributed by atoms with Crippen LogP contribution in [-0.4, -0.2) is 37.6 Å². The number of nitrogens with zero attached hydrogens (tertiary/aromatic N) is 1. The zero-order valence-corrected chi connectivity index (χ0v) is 14.7. The second kappa shape index (κ2) is 6.59. The number of nitrogens with one attached hydrogen (secondary N) is 1. The minimum Gasteiger partial charge on any atom is -0.496 e. The molecule has 0 spiro atoms. The molecule has 2 aliphatic rings. The Labute approximate surface area is 140 Å². The molecule has 2 saturated heterocycles. The van der Waals surface area contributed by atoms with Crippen molar-refractivity contribution in [2.45, 2.75) is 25.8 Å². The first-order valence-corrected chi connectivity index (χ1v) is 8.75. The average Bonchev–Trinajstić information content (AvgIpc) is 2.93. The van der Waals surface area contributed by atoms with E-state index in [1.807, 2.05) is 12.1 Å². The molecule has 0 radical (unpaired) electrons. The third kappa shape index (κ3) is 2.88. The molecule has 2 unspecified atom stereocenters. The zero-order chi connectivity index (χ0) is 15.7. The van der Waals surface area contributed by atoms with E-state index in [1.165, 1.54) is 0 Å². The van der Waals surface area contributed by atoms with E-state index in [0.717, 1.165) is 48.3 Å². The molecule has 0 aromatic heterocycles. The number of methoxy groups -OCH3 is 1. The summed E-state index contributed by atoms with van der Waals surface area (Å²) in [5, 5.41) is 3.26. The predicted molar refractivity (Wildman–Crippen MR) is 89.9 cm³/mol. The van der Waals surface area contributed by atoms with Gasteiger partial charge < -0.3 is 15.0 Å². The van der Waals surface area contributed by atoms with Gasteiger partial charge in [0.05, 0.1) is 13.2 Å². The molecular weight excluding hydrogens is 344 g/mol. The number of amides is 1. The lowest BCUT2D eigenvalue weighted by Crippen LogP contribution is -2.50. The summed E-state index contributed by atoms with van der Waals surface area (Å²) in [5.41, 5.74) is 1.11. The molecule has 2 heterocycles. The highest BCUT2D eigenvalue weighted by Crippen LogP contribution is 2.39. The van der Waals surface area contributed by atoms with Crippen LogP contribution in [0.15, 0.2) is 22.7 Å². The van der Waals surface area contributed by atoms with Crippen molar-refractivity contribution in [3.8, 4) is 5.75 Å². The van der Waals surface area contributed by atoms with Gasteiger partial charge in [-0.15, -0.1) is 0 Å². The molecule has 0 bridgehead atoms. The molecule has 4 nitrogen and oxygen atoms in total. The maximum Gasteiger partial charge on any atom is 0.226 e. The smallest absolute Gasteiger partial charge is 0.226 e. The molecule has 1 N–H and O–H groups in total. The Kier molecular flexibility index (Phi) is 4.73. The van der Waals surface area contributed by atoms with Crippen LogP contribution in [0, 0.1) is 11.8 Å². The highest BCUT2D eigenvalue weighted by atomic mass is 79.9. The Bertz CT molecular complexity index is 560. The summed E-state index contributed by atoms with van der Waals surface area (Å²) >= 11 is 3.53. The van der Waals surface area contributed by atoms with E-state index >= 15 is 0 Å². The van der Waals surface area contributed by atoms with Gasteiger partial charge >= 0.3 is 0 Å². The third-order valence-electron chi connectivity index (χ3n) is 5.00. The van der Waals surface area contributed by atoms with Crippen molar-refractivity contribution in [2.24, 2.45) is 11.8 Å². The van der Waals surface area contributed by atoms with E-state index in [9.17, 15) is 4.79 Å². The topological polar surface area (TPSA) is 41.6 Å². The van der Waals surface area contributed by atoms with Crippen LogP contribution < -0.4 is 10.1 Å². The van der Waals surface area contributed by atoms with Gasteiger partial charge in [-0.25, -0.2) is 0 Å². The average molecular weight is 367 g/mol. The summed E-state index contributed by atoms with van der Waals surface area (Å²) in [6.07, 6.45) is 2.07. The Hall–Kier alpha value is -1.07. The third-order valence-corrected chi connectivity index (χ3v) is 5.49. The fourth-order valence-corrected chi connectivity index (χ4v) is 3.83. The fraction of sp³-hybridized carbons (Fsp3) is 0.588. The summed E-state index contributed by atoms with van der Waals surface area (Å²) in [6, 6.07) is 6.17. The van der Waals surface area contributed by atoms with Crippen molar-refractivity contribution in [3.05, 3.63) is 28.2 Å². The molecular formula is C17H23BrN2O2. The van der Waals surface area contributed by atoms with Gasteiger partial charge in [-0.05, 0) is 50.0 Å². The van der Waals surface area contributed by atoms with Crippen molar-refractivity contribution >= 4 is 21.8 Å². The molecule has 1 aromatic rings. The molecule has 1 aromatic carbocycles. The van der Waals surface area contributed by atoms with Crippen molar-refractivity contribution in [2.75, 3.05) is 26.7 Å². The maximum atomic E-state index is 12.9. The van der Waals surface area contributed by atoms with Crippen molar-refractivity contribution < 1.29 is 9.53 Å². The van der Waals surface area contributed by atoms with Crippen molar-refractivity contribution in [3.63, 3.8) is 0 Å². The van der Waals surface area contributed by atoms with Crippen molar-refractivity contribution in [1.82, 2.24) is 10.2 Å². The molecule has 0 aliphatic carbocycles. The first-order valence-electron chi connectivity index (χ1n) is 7.96. The van der Waals surface area contributed by atoms with E-state index in [1.54, 1.807) is 7.11 Å². The van der Waals surface area contributed by atoms with E-state index in [-0.39, 0.29) is 17.9 Å². The van der Waals surface area contributed by atoms with Gasteiger partial charge in [0.25, 0.3) is 0 Å². The fourth-order valence-electron chi connectivity index (χ4n) is 3.45. The Morgan fingerprint density at radius 3 is 2.86 bits per heavy atom. The van der Waals surface area contributed by atoms with Gasteiger partial charge in [0, 0.05) is 22.5 Å². The van der Waals surface area contributed by atoms with Crippen LogP contribution in [0.1, 0.15) is 31.4 Å². The largest absolute Gasteiger partial charge is 0.496 e. The molecule has 2 fully saturated rings. The predicted octanol–water partition coefficient (Wildman–Crippen LogP) is 2.98. The Balaban J connectivity index is 1.83. The first-order chi connectivity index (χ1) is 10.6. The lowest BCUT2D eigenvalue weighted by molar-refractivity contribution is -0.138. The highest BCUT2D eigenvalue weighted by Gasteiger charge is 2.37. The molecule has 2 atom stereocenters. The van der Waals surface area contributed by atoms with Crippen LogP contribution in [0.5, 0.6) is 5.75 Å². The molecule has 120 valence electrons. The lowest BCUT2D eigenvalue weighted by Gasteiger charge is -2.36. The van der Waals surface area contributed by atoms with Gasteiger partial charge in [-0.1, -0.05) is 22.9 Å². The number of rotatable bonds is 4. The second-order valence-electron chi connectivity index (χ2n) is 6.28. The van der Waals surface area contributed by atoms with Crippen molar-refractivity contribution in [1.29, 1.82) is 0 Å². The van der Waals surface area contributed by atoms with Gasteiger partial charge in [-0.2, -0.15) is 0 Å². The first kappa shape index (κ1) is 15.8. The molecule has 1 amide bonds. The number of halogens is 1. The van der Waals surface area contributed by atoms with Gasteiger partial charge in [0.2, 0.25) is 5.91 Å². The highest BCUT2D eigenvalue weighted by molar-refractivity contribution is 9.10.